The van der Waals surface area contributed by atoms with E-state index in [0.717, 1.165) is 5.39 Å². The molecule has 0 saturated carbocycles. The maximum Gasteiger partial charge on any atom is 0.257 e. The maximum absolute atomic E-state index is 12.6. The monoisotopic (exact) mass is 411 g/mol. The minimum Gasteiger partial charge on any atom is -0.383 e. The van der Waals surface area contributed by atoms with Crippen molar-refractivity contribution in [3.05, 3.63) is 57.6 Å². The van der Waals surface area contributed by atoms with E-state index in [-0.39, 0.29) is 23.2 Å². The van der Waals surface area contributed by atoms with Crippen LogP contribution in [0.3, 0.4) is 0 Å². The first-order valence-electron chi connectivity index (χ1n) is 8.97. The van der Waals surface area contributed by atoms with Crippen LogP contribution in [0.5, 0.6) is 0 Å². The Kier molecular flexibility index (Phi) is 4.89. The number of nitrogens with one attached hydrogen (secondary N) is 2. The molecule has 29 heavy (non-hydrogen) atoms. The summed E-state index contributed by atoms with van der Waals surface area (Å²) in [6.07, 6.45) is 2.01. The predicted molar refractivity (Wildman–Crippen MR) is 111 cm³/mol. The topological polar surface area (TPSA) is 136 Å². The third-order valence-corrected chi connectivity index (χ3v) is 4.88. The zero-order valence-electron chi connectivity index (χ0n) is 15.7. The molecule has 3 aromatic heterocycles. The van der Waals surface area contributed by atoms with Crippen molar-refractivity contribution in [2.45, 2.75) is 26.3 Å². The Morgan fingerprint density at radius 3 is 2.90 bits per heavy atom. The summed E-state index contributed by atoms with van der Waals surface area (Å²) in [6, 6.07) is 6.99. The second-order valence-electron chi connectivity index (χ2n) is 6.48. The zero-order valence-corrected chi connectivity index (χ0v) is 16.5. The van der Waals surface area contributed by atoms with Gasteiger partial charge in [0.05, 0.1) is 16.5 Å². The van der Waals surface area contributed by atoms with Crippen LogP contribution < -0.4 is 16.6 Å². The number of anilines is 2. The van der Waals surface area contributed by atoms with Crippen LogP contribution >= 0.6 is 11.6 Å². The third kappa shape index (κ3) is 3.52. The number of H-pyrrole nitrogens is 1. The van der Waals surface area contributed by atoms with Crippen molar-refractivity contribution in [2.75, 3.05) is 11.1 Å². The predicted octanol–water partition coefficient (Wildman–Crippen LogP) is 3.48. The third-order valence-electron chi connectivity index (χ3n) is 4.56. The van der Waals surface area contributed by atoms with Crippen molar-refractivity contribution in [3.63, 3.8) is 0 Å². The van der Waals surface area contributed by atoms with Crippen molar-refractivity contribution in [1.82, 2.24) is 25.1 Å². The molecule has 0 spiro atoms. The number of fused-ring (bicyclic) bond motifs is 1. The van der Waals surface area contributed by atoms with E-state index in [4.69, 9.17) is 21.9 Å². The second kappa shape index (κ2) is 7.51. The molecule has 0 saturated heterocycles. The lowest BCUT2D eigenvalue weighted by atomic mass is 10.1. The number of hydrogen-bond donors (Lipinski definition) is 3. The van der Waals surface area contributed by atoms with E-state index in [2.05, 4.69) is 30.4 Å². The van der Waals surface area contributed by atoms with Crippen LogP contribution in [-0.2, 0) is 0 Å². The number of nitrogen functional groups attached to an aromatic ring is 1. The van der Waals surface area contributed by atoms with Crippen LogP contribution in [0.4, 0.5) is 11.6 Å². The lowest BCUT2D eigenvalue weighted by Crippen LogP contribution is -2.18. The minimum absolute atomic E-state index is 0.219. The first-order valence-corrected chi connectivity index (χ1v) is 9.34. The summed E-state index contributed by atoms with van der Waals surface area (Å²) in [6.45, 7) is 3.67. The number of benzene rings is 1. The van der Waals surface area contributed by atoms with Gasteiger partial charge in [-0.1, -0.05) is 35.8 Å². The van der Waals surface area contributed by atoms with Gasteiger partial charge < -0.3 is 20.6 Å². The Hall–Kier alpha value is -3.46. The normalized spacial score (nSPS) is 12.2. The van der Waals surface area contributed by atoms with Gasteiger partial charge in [0.1, 0.15) is 23.5 Å². The first-order chi connectivity index (χ1) is 14.0. The number of halogens is 1. The van der Waals surface area contributed by atoms with Gasteiger partial charge in [0.2, 0.25) is 11.7 Å². The van der Waals surface area contributed by atoms with E-state index in [1.54, 1.807) is 13.0 Å². The summed E-state index contributed by atoms with van der Waals surface area (Å²) in [5.74, 6) is 1.35. The Labute approximate surface area is 170 Å². The molecule has 4 aromatic rings. The van der Waals surface area contributed by atoms with Crippen LogP contribution in [0.25, 0.3) is 22.2 Å². The van der Waals surface area contributed by atoms with Crippen LogP contribution in [0.1, 0.15) is 31.0 Å². The summed E-state index contributed by atoms with van der Waals surface area (Å²) in [7, 11) is 0. The minimum atomic E-state index is -0.257. The Morgan fingerprint density at radius 1 is 1.34 bits per heavy atom. The van der Waals surface area contributed by atoms with Crippen LogP contribution in [0.2, 0.25) is 5.02 Å². The van der Waals surface area contributed by atoms with Gasteiger partial charge in [0, 0.05) is 12.6 Å². The molecule has 10 heteroatoms. The number of rotatable bonds is 5. The summed E-state index contributed by atoms with van der Waals surface area (Å²) < 4.78 is 5.06. The lowest BCUT2D eigenvalue weighted by molar-refractivity contribution is 0.394. The molecule has 1 atom stereocenters. The number of nitrogens with two attached hydrogens (primary N) is 1. The molecule has 0 bridgehead atoms. The quantitative estimate of drug-likeness (QED) is 0.454. The average Bonchev–Trinajstić information content (AvgIpc) is 3.11. The molecule has 3 heterocycles. The van der Waals surface area contributed by atoms with E-state index in [1.807, 2.05) is 25.1 Å². The molecule has 0 aliphatic rings. The number of hydrogen-bond acceptors (Lipinski definition) is 8. The number of aromatic amines is 1. The van der Waals surface area contributed by atoms with Gasteiger partial charge in [-0.2, -0.15) is 4.98 Å². The van der Waals surface area contributed by atoms with Crippen molar-refractivity contribution in [1.29, 1.82) is 0 Å². The van der Waals surface area contributed by atoms with Gasteiger partial charge in [-0.05, 0) is 23.9 Å². The van der Waals surface area contributed by atoms with Crippen molar-refractivity contribution in [3.8, 4) is 11.4 Å². The summed E-state index contributed by atoms with van der Waals surface area (Å²) >= 11 is 6.18. The van der Waals surface area contributed by atoms with E-state index in [9.17, 15) is 4.79 Å². The smallest absolute Gasteiger partial charge is 0.257 e. The molecule has 0 aliphatic heterocycles. The van der Waals surface area contributed by atoms with Crippen LogP contribution in [-0.4, -0.2) is 25.1 Å². The highest BCUT2D eigenvalue weighted by Crippen LogP contribution is 2.32. The fourth-order valence-electron chi connectivity index (χ4n) is 3.18. The Morgan fingerprint density at radius 2 is 2.17 bits per heavy atom. The van der Waals surface area contributed by atoms with Gasteiger partial charge in [-0.15, -0.1) is 0 Å². The second-order valence-corrected chi connectivity index (χ2v) is 6.89. The highest BCUT2D eigenvalue weighted by atomic mass is 35.5. The standard InChI is InChI=1S/C19H18ClN7O2/c1-3-12(13-7-10-5-4-6-11(20)14(10)19(28)26-13)25-17-15(16(21)22-8-23-17)18-24-9(2)29-27-18/h4-8,12H,3H2,1-2H3,(H,26,28)(H3,21,22,23,25)/t12-/m0/s1. The molecule has 1 aromatic carbocycles. The maximum atomic E-state index is 12.6. The van der Waals surface area contributed by atoms with Gasteiger partial charge in [0.25, 0.3) is 5.56 Å². The van der Waals surface area contributed by atoms with Crippen LogP contribution in [0, 0.1) is 6.92 Å². The molecule has 4 rings (SSSR count). The number of pyridine rings is 1. The van der Waals surface area contributed by atoms with Crippen molar-refractivity contribution < 1.29 is 4.52 Å². The molecule has 9 nitrogen and oxygen atoms in total. The van der Waals surface area contributed by atoms with E-state index in [1.165, 1.54) is 6.33 Å². The SMILES string of the molecule is CC[C@H](Nc1ncnc(N)c1-c1noc(C)n1)c1cc2cccc(Cl)c2c(=O)[nH]1. The molecular formula is C19H18ClN7O2. The number of aryl methyl sites for hydroxylation is 1. The fourth-order valence-corrected chi connectivity index (χ4v) is 3.45. The highest BCUT2D eigenvalue weighted by Gasteiger charge is 2.21. The summed E-state index contributed by atoms with van der Waals surface area (Å²) in [5, 5.41) is 8.86. The lowest BCUT2D eigenvalue weighted by Gasteiger charge is -2.20. The molecular weight excluding hydrogens is 394 g/mol. The molecule has 0 amide bonds. The zero-order chi connectivity index (χ0) is 20.5. The summed E-state index contributed by atoms with van der Waals surface area (Å²) in [4.78, 5) is 28.1. The van der Waals surface area contributed by atoms with Gasteiger partial charge >= 0.3 is 0 Å². The van der Waals surface area contributed by atoms with Gasteiger partial charge in [-0.25, -0.2) is 9.97 Å². The van der Waals surface area contributed by atoms with E-state index < -0.39 is 0 Å². The highest BCUT2D eigenvalue weighted by molar-refractivity contribution is 6.35. The Bertz CT molecular complexity index is 1250. The first kappa shape index (κ1) is 18.9. The Balaban J connectivity index is 1.77. The molecule has 0 aliphatic carbocycles. The molecule has 4 N–H and O–H groups in total. The molecule has 0 unspecified atom stereocenters. The largest absolute Gasteiger partial charge is 0.383 e. The molecule has 148 valence electrons. The van der Waals surface area contributed by atoms with E-state index in [0.29, 0.717) is 39.8 Å². The molecule has 0 fully saturated rings. The summed E-state index contributed by atoms with van der Waals surface area (Å²) in [5.41, 5.74) is 6.93. The fraction of sp³-hybridized carbons (Fsp3) is 0.211. The molecule has 0 radical (unpaired) electrons. The van der Waals surface area contributed by atoms with Gasteiger partial charge in [-0.3, -0.25) is 4.79 Å². The number of aromatic nitrogens is 5. The van der Waals surface area contributed by atoms with Crippen molar-refractivity contribution in [2.24, 2.45) is 0 Å². The number of nitrogens with zero attached hydrogens (tertiary/aromatic N) is 4. The van der Waals surface area contributed by atoms with Crippen molar-refractivity contribution >= 4 is 34.0 Å². The van der Waals surface area contributed by atoms with Crippen LogP contribution in [0.15, 0.2) is 39.9 Å². The van der Waals surface area contributed by atoms with E-state index >= 15 is 0 Å². The van der Waals surface area contributed by atoms with Gasteiger partial charge in [0.15, 0.2) is 0 Å². The average molecular weight is 412 g/mol.